The molecule has 0 saturated heterocycles. The van der Waals surface area contributed by atoms with Gasteiger partial charge in [-0.2, -0.15) is 0 Å². The zero-order valence-electron chi connectivity index (χ0n) is 10.0. The summed E-state index contributed by atoms with van der Waals surface area (Å²) >= 11 is 0. The van der Waals surface area contributed by atoms with Gasteiger partial charge in [0, 0.05) is 14.0 Å². The van der Waals surface area contributed by atoms with Crippen molar-refractivity contribution in [3.8, 4) is 5.75 Å². The number of rotatable bonds is 4. The van der Waals surface area contributed by atoms with Crippen molar-refractivity contribution in [2.75, 3.05) is 14.2 Å². The first-order valence-corrected chi connectivity index (χ1v) is 5.07. The van der Waals surface area contributed by atoms with E-state index in [0.29, 0.717) is 11.3 Å². The van der Waals surface area contributed by atoms with E-state index in [1.165, 1.54) is 26.0 Å². The van der Waals surface area contributed by atoms with Crippen molar-refractivity contribution in [1.82, 2.24) is 4.90 Å². The summed E-state index contributed by atoms with van der Waals surface area (Å²) in [5.74, 6) is -0.818. The lowest BCUT2D eigenvalue weighted by Gasteiger charge is -2.24. The van der Waals surface area contributed by atoms with Crippen LogP contribution in [0.15, 0.2) is 24.3 Å². The number of nitrogens with zero attached hydrogens (tertiary/aromatic N) is 1. The summed E-state index contributed by atoms with van der Waals surface area (Å²) in [7, 11) is 2.96. The Labute approximate surface area is 99.6 Å². The van der Waals surface area contributed by atoms with Gasteiger partial charge in [0.15, 0.2) is 6.04 Å². The van der Waals surface area contributed by atoms with E-state index in [0.717, 1.165) is 0 Å². The van der Waals surface area contributed by atoms with Gasteiger partial charge < -0.3 is 14.7 Å². The number of ether oxygens (including phenoxy) is 1. The van der Waals surface area contributed by atoms with Crippen LogP contribution in [0.4, 0.5) is 0 Å². The Morgan fingerprint density at radius 3 is 2.53 bits per heavy atom. The Balaban J connectivity index is 3.13. The number of carboxylic acids is 1. The van der Waals surface area contributed by atoms with E-state index in [4.69, 9.17) is 4.74 Å². The summed E-state index contributed by atoms with van der Waals surface area (Å²) in [5.41, 5.74) is 0.509. The topological polar surface area (TPSA) is 66.8 Å². The molecule has 5 heteroatoms. The molecule has 0 spiro atoms. The van der Waals surface area contributed by atoms with Crippen molar-refractivity contribution in [3.05, 3.63) is 29.8 Å². The fraction of sp³-hybridized carbons (Fsp3) is 0.333. The van der Waals surface area contributed by atoms with Gasteiger partial charge in [0.05, 0.1) is 7.11 Å². The zero-order chi connectivity index (χ0) is 13.0. The molecule has 1 amide bonds. The SMILES string of the molecule is COc1cccc(C(C(=O)O)N(C)C(C)=O)c1. The second kappa shape index (κ2) is 5.34. The van der Waals surface area contributed by atoms with Crippen LogP contribution in [0.2, 0.25) is 0 Å². The lowest BCUT2D eigenvalue weighted by Crippen LogP contribution is -2.34. The third-order valence-corrected chi connectivity index (χ3v) is 2.53. The lowest BCUT2D eigenvalue weighted by molar-refractivity contribution is -0.148. The first-order chi connectivity index (χ1) is 7.97. The van der Waals surface area contributed by atoms with E-state index in [9.17, 15) is 14.7 Å². The third kappa shape index (κ3) is 2.96. The zero-order valence-corrected chi connectivity index (χ0v) is 10.0. The lowest BCUT2D eigenvalue weighted by atomic mass is 10.1. The van der Waals surface area contributed by atoms with Gasteiger partial charge in [0.1, 0.15) is 5.75 Å². The first kappa shape index (κ1) is 13.0. The second-order valence-corrected chi connectivity index (χ2v) is 3.65. The van der Waals surface area contributed by atoms with Gasteiger partial charge >= 0.3 is 5.97 Å². The number of aliphatic carboxylic acids is 1. The predicted octanol–water partition coefficient (Wildman–Crippen LogP) is 1.30. The van der Waals surface area contributed by atoms with Crippen molar-refractivity contribution >= 4 is 11.9 Å². The molecule has 1 unspecified atom stereocenters. The van der Waals surface area contributed by atoms with Crippen LogP contribution in [0.3, 0.4) is 0 Å². The molecule has 0 heterocycles. The minimum absolute atomic E-state index is 0.305. The van der Waals surface area contributed by atoms with Crippen molar-refractivity contribution in [1.29, 1.82) is 0 Å². The highest BCUT2D eigenvalue weighted by molar-refractivity contribution is 5.83. The summed E-state index contributed by atoms with van der Waals surface area (Å²) < 4.78 is 5.03. The minimum atomic E-state index is -1.07. The predicted molar refractivity (Wildman–Crippen MR) is 61.8 cm³/mol. The average Bonchev–Trinajstić information content (AvgIpc) is 2.28. The van der Waals surface area contributed by atoms with E-state index < -0.39 is 12.0 Å². The van der Waals surface area contributed by atoms with Crippen LogP contribution in [-0.2, 0) is 9.59 Å². The van der Waals surface area contributed by atoms with Crippen LogP contribution < -0.4 is 4.74 Å². The summed E-state index contributed by atoms with van der Waals surface area (Å²) in [6.45, 7) is 1.33. The normalized spacial score (nSPS) is 11.7. The van der Waals surface area contributed by atoms with E-state index >= 15 is 0 Å². The average molecular weight is 237 g/mol. The number of methoxy groups -OCH3 is 1. The molecule has 0 fully saturated rings. The number of hydrogen-bond donors (Lipinski definition) is 1. The molecular weight excluding hydrogens is 222 g/mol. The summed E-state index contributed by atoms with van der Waals surface area (Å²) in [5, 5.41) is 9.17. The molecule has 0 aromatic heterocycles. The largest absolute Gasteiger partial charge is 0.497 e. The Kier molecular flexibility index (Phi) is 4.09. The molecule has 0 bridgehead atoms. The molecule has 0 aliphatic rings. The number of hydrogen-bond acceptors (Lipinski definition) is 3. The van der Waals surface area contributed by atoms with Crippen LogP contribution in [0.25, 0.3) is 0 Å². The van der Waals surface area contributed by atoms with Crippen LogP contribution in [-0.4, -0.2) is 36.0 Å². The maximum Gasteiger partial charge on any atom is 0.331 e. The van der Waals surface area contributed by atoms with Crippen molar-refractivity contribution in [3.63, 3.8) is 0 Å². The Morgan fingerprint density at radius 1 is 1.41 bits per heavy atom. The molecule has 0 radical (unpaired) electrons. The summed E-state index contributed by atoms with van der Waals surface area (Å²) in [6.07, 6.45) is 0. The monoisotopic (exact) mass is 237 g/mol. The highest BCUT2D eigenvalue weighted by Crippen LogP contribution is 2.23. The molecule has 1 aromatic rings. The second-order valence-electron chi connectivity index (χ2n) is 3.65. The van der Waals surface area contributed by atoms with Gasteiger partial charge in [-0.3, -0.25) is 4.79 Å². The van der Waals surface area contributed by atoms with Gasteiger partial charge in [0.25, 0.3) is 0 Å². The molecule has 17 heavy (non-hydrogen) atoms. The first-order valence-electron chi connectivity index (χ1n) is 5.07. The number of carbonyl (C=O) groups excluding carboxylic acids is 1. The Hall–Kier alpha value is -2.04. The number of benzene rings is 1. The van der Waals surface area contributed by atoms with E-state index in [1.807, 2.05) is 0 Å². The fourth-order valence-electron chi connectivity index (χ4n) is 1.53. The minimum Gasteiger partial charge on any atom is -0.497 e. The summed E-state index contributed by atoms with van der Waals surface area (Å²) in [4.78, 5) is 23.6. The molecule has 1 atom stereocenters. The quantitative estimate of drug-likeness (QED) is 0.857. The molecule has 0 saturated carbocycles. The molecule has 0 aliphatic heterocycles. The standard InChI is InChI=1S/C12H15NO4/c1-8(14)13(2)11(12(15)16)9-5-4-6-10(7-9)17-3/h4-7,11H,1-3H3,(H,15,16). The maximum atomic E-state index is 11.2. The molecule has 1 N–H and O–H groups in total. The smallest absolute Gasteiger partial charge is 0.331 e. The highest BCUT2D eigenvalue weighted by Gasteiger charge is 2.26. The molecule has 1 aromatic carbocycles. The van der Waals surface area contributed by atoms with Gasteiger partial charge in [0.2, 0.25) is 5.91 Å². The van der Waals surface area contributed by atoms with Crippen molar-refractivity contribution in [2.24, 2.45) is 0 Å². The number of amides is 1. The van der Waals surface area contributed by atoms with Gasteiger partial charge in [-0.15, -0.1) is 0 Å². The highest BCUT2D eigenvalue weighted by atomic mass is 16.5. The Bertz CT molecular complexity index is 430. The van der Waals surface area contributed by atoms with Crippen molar-refractivity contribution < 1.29 is 19.4 Å². The number of carbonyl (C=O) groups is 2. The van der Waals surface area contributed by atoms with Crippen LogP contribution in [0, 0.1) is 0 Å². The number of carboxylic acid groups (broad SMARTS) is 1. The molecular formula is C12H15NO4. The number of likely N-dealkylation sites (N-methyl/N-ethyl adjacent to an activating group) is 1. The fourth-order valence-corrected chi connectivity index (χ4v) is 1.53. The van der Waals surface area contributed by atoms with E-state index in [-0.39, 0.29) is 5.91 Å². The third-order valence-electron chi connectivity index (χ3n) is 2.53. The molecule has 92 valence electrons. The van der Waals surface area contributed by atoms with Gasteiger partial charge in [-0.05, 0) is 17.7 Å². The molecule has 0 aliphatic carbocycles. The maximum absolute atomic E-state index is 11.2. The van der Waals surface area contributed by atoms with Crippen LogP contribution in [0.1, 0.15) is 18.5 Å². The van der Waals surface area contributed by atoms with Crippen LogP contribution >= 0.6 is 0 Å². The molecule has 1 rings (SSSR count). The van der Waals surface area contributed by atoms with Crippen LogP contribution in [0.5, 0.6) is 5.75 Å². The Morgan fingerprint density at radius 2 is 2.06 bits per heavy atom. The van der Waals surface area contributed by atoms with Gasteiger partial charge in [-0.1, -0.05) is 12.1 Å². The summed E-state index contributed by atoms with van der Waals surface area (Å²) in [6, 6.07) is 5.68. The van der Waals surface area contributed by atoms with E-state index in [1.54, 1.807) is 24.3 Å². The molecule has 5 nitrogen and oxygen atoms in total. The van der Waals surface area contributed by atoms with Gasteiger partial charge in [-0.25, -0.2) is 4.79 Å². The van der Waals surface area contributed by atoms with E-state index in [2.05, 4.69) is 0 Å². The van der Waals surface area contributed by atoms with Crippen molar-refractivity contribution in [2.45, 2.75) is 13.0 Å².